The fourth-order valence-electron chi connectivity index (χ4n) is 1.73. The molecule has 2 rings (SSSR count). The number of carboxylic acid groups (broad SMARTS) is 1. The summed E-state index contributed by atoms with van der Waals surface area (Å²) in [5.74, 6) is -1.39. The number of rotatable bonds is 3. The van der Waals surface area contributed by atoms with Crippen molar-refractivity contribution in [2.24, 2.45) is 0 Å². The summed E-state index contributed by atoms with van der Waals surface area (Å²) in [6.45, 7) is -0.554. The van der Waals surface area contributed by atoms with Crippen LogP contribution in [0.2, 0.25) is 0 Å². The van der Waals surface area contributed by atoms with E-state index in [-0.39, 0.29) is 34.9 Å². The Bertz CT molecular complexity index is 710. The van der Waals surface area contributed by atoms with Crippen LogP contribution in [0.4, 0.5) is 5.69 Å². The van der Waals surface area contributed by atoms with Gasteiger partial charge in [0, 0.05) is 0 Å². The Labute approximate surface area is 128 Å². The molecule has 0 amide bonds. The van der Waals surface area contributed by atoms with Crippen molar-refractivity contribution in [1.82, 2.24) is 4.57 Å². The molecule has 2 aromatic rings. The number of nitrogens with zero attached hydrogens (tertiary/aromatic N) is 2. The fraction of sp³-hybridized carbons (Fsp3) is 0.0909. The molecule has 0 fully saturated rings. The van der Waals surface area contributed by atoms with Crippen molar-refractivity contribution < 1.29 is 44.4 Å². The van der Waals surface area contributed by atoms with Gasteiger partial charge in [-0.1, -0.05) is 12.1 Å². The molecule has 0 aliphatic rings. The first-order chi connectivity index (χ1) is 8.50. The molecule has 1 aromatic carbocycles. The number of para-hydroxylation sites is 1. The number of aromatic nitrogens is 1. The van der Waals surface area contributed by atoms with Gasteiger partial charge in [-0.2, -0.15) is 0 Å². The van der Waals surface area contributed by atoms with Crippen molar-refractivity contribution in [3.8, 4) is 0 Å². The maximum Gasteiger partial charge on any atom is 1.00 e. The summed E-state index contributed by atoms with van der Waals surface area (Å²) < 4.78 is 1.12. The molecule has 0 spiro atoms. The second kappa shape index (κ2) is 5.96. The molecule has 0 saturated carbocycles. The molecule has 0 N–H and O–H groups in total. The number of carboxylic acids is 1. The molecular weight excluding hydrogens is 263 g/mol. The van der Waals surface area contributed by atoms with Gasteiger partial charge in [0.2, 0.25) is 0 Å². The van der Waals surface area contributed by atoms with Crippen LogP contribution in [-0.4, -0.2) is 15.5 Å². The average Bonchev–Trinajstić information content (AvgIpc) is 2.32. The van der Waals surface area contributed by atoms with E-state index < -0.39 is 28.6 Å². The van der Waals surface area contributed by atoms with Crippen LogP contribution in [0.5, 0.6) is 0 Å². The predicted molar refractivity (Wildman–Crippen MR) is 59.9 cm³/mol. The molecule has 0 aliphatic carbocycles. The topological polar surface area (TPSA) is 105 Å². The van der Waals surface area contributed by atoms with Crippen LogP contribution in [0.15, 0.2) is 35.3 Å². The normalized spacial score (nSPS) is 9.89. The second-order valence-corrected chi connectivity index (χ2v) is 3.62. The Morgan fingerprint density at radius 2 is 1.95 bits per heavy atom. The number of nitro groups is 1. The minimum atomic E-state index is -1.39. The molecule has 0 saturated heterocycles. The second-order valence-electron chi connectivity index (χ2n) is 3.62. The van der Waals surface area contributed by atoms with Gasteiger partial charge in [0.05, 0.1) is 34.5 Å². The first kappa shape index (κ1) is 15.4. The number of fused-ring (bicyclic) bond motifs is 1. The zero-order valence-electron chi connectivity index (χ0n) is 10.0. The van der Waals surface area contributed by atoms with Crippen molar-refractivity contribution in [2.75, 3.05) is 0 Å². The van der Waals surface area contributed by atoms with Gasteiger partial charge >= 0.3 is 35.2 Å². The number of carbonyl (C=O) groups is 1. The van der Waals surface area contributed by atoms with Gasteiger partial charge in [0.1, 0.15) is 0 Å². The van der Waals surface area contributed by atoms with Crippen molar-refractivity contribution in [3.05, 3.63) is 50.8 Å². The monoisotopic (exact) mass is 270 g/mol. The molecular formula is C11H7N2NaO5. The quantitative estimate of drug-likeness (QED) is 0.329. The van der Waals surface area contributed by atoms with E-state index >= 15 is 0 Å². The van der Waals surface area contributed by atoms with E-state index in [0.717, 1.165) is 10.8 Å². The van der Waals surface area contributed by atoms with Gasteiger partial charge < -0.3 is 14.5 Å². The zero-order valence-corrected chi connectivity index (χ0v) is 12.0. The van der Waals surface area contributed by atoms with Crippen molar-refractivity contribution in [1.29, 1.82) is 0 Å². The van der Waals surface area contributed by atoms with Gasteiger partial charge in [0.15, 0.2) is 0 Å². The molecule has 0 radical (unpaired) electrons. The maximum atomic E-state index is 11.8. The number of hydrogen-bond acceptors (Lipinski definition) is 5. The SMILES string of the molecule is O=C([O-])Cn1cc([N+](=O)[O-])c(=O)c2ccccc21.[Na+]. The number of benzene rings is 1. The van der Waals surface area contributed by atoms with E-state index in [9.17, 15) is 24.8 Å². The number of pyridine rings is 1. The van der Waals surface area contributed by atoms with Crippen molar-refractivity contribution in [3.63, 3.8) is 0 Å². The third-order valence-electron chi connectivity index (χ3n) is 2.47. The first-order valence-corrected chi connectivity index (χ1v) is 4.97. The Morgan fingerprint density at radius 3 is 2.53 bits per heavy atom. The van der Waals surface area contributed by atoms with Crippen LogP contribution in [0.3, 0.4) is 0 Å². The van der Waals surface area contributed by atoms with E-state index in [0.29, 0.717) is 5.52 Å². The summed E-state index contributed by atoms with van der Waals surface area (Å²) >= 11 is 0. The number of hydrogen-bond donors (Lipinski definition) is 0. The Balaban J connectivity index is 0.00000180. The minimum absolute atomic E-state index is 0. The molecule has 0 unspecified atom stereocenters. The Kier molecular flexibility index (Phi) is 4.82. The standard InChI is InChI=1S/C11H8N2O5.Na/c14-10(15)6-12-5-9(13(17)18)11(16)7-3-1-2-4-8(7)12;/h1-5H,6H2,(H,14,15);/q;+1/p-1. The summed E-state index contributed by atoms with van der Waals surface area (Å²) in [4.78, 5) is 32.3. The van der Waals surface area contributed by atoms with E-state index in [4.69, 9.17) is 0 Å². The molecule has 1 heterocycles. The van der Waals surface area contributed by atoms with Gasteiger partial charge in [0.25, 0.3) is 5.43 Å². The third-order valence-corrected chi connectivity index (χ3v) is 2.47. The smallest absolute Gasteiger partial charge is 0.548 e. The molecule has 1 aromatic heterocycles. The van der Waals surface area contributed by atoms with E-state index in [2.05, 4.69) is 0 Å². The van der Waals surface area contributed by atoms with Gasteiger partial charge in [-0.25, -0.2) is 0 Å². The maximum absolute atomic E-state index is 11.8. The summed E-state index contributed by atoms with van der Waals surface area (Å²) in [5.41, 5.74) is -1.07. The molecule has 19 heavy (non-hydrogen) atoms. The van der Waals surface area contributed by atoms with Crippen LogP contribution < -0.4 is 40.1 Å². The number of carbonyl (C=O) groups excluding carboxylic acids is 1. The first-order valence-electron chi connectivity index (χ1n) is 4.97. The average molecular weight is 270 g/mol. The number of aliphatic carboxylic acids is 1. The van der Waals surface area contributed by atoms with E-state index in [1.165, 1.54) is 12.1 Å². The predicted octanol–water partition coefficient (Wildman–Crippen LogP) is -3.34. The van der Waals surface area contributed by atoms with Crippen molar-refractivity contribution >= 4 is 22.6 Å². The Morgan fingerprint density at radius 1 is 1.32 bits per heavy atom. The zero-order chi connectivity index (χ0) is 13.3. The summed E-state index contributed by atoms with van der Waals surface area (Å²) in [7, 11) is 0. The minimum Gasteiger partial charge on any atom is -0.548 e. The molecule has 0 atom stereocenters. The third kappa shape index (κ3) is 3.01. The van der Waals surface area contributed by atoms with Gasteiger partial charge in [-0.15, -0.1) is 0 Å². The van der Waals surface area contributed by atoms with Crippen LogP contribution in [-0.2, 0) is 11.3 Å². The summed E-state index contributed by atoms with van der Waals surface area (Å²) in [6.07, 6.45) is 0.917. The Hall–Kier alpha value is -1.70. The summed E-state index contributed by atoms with van der Waals surface area (Å²) in [6, 6.07) is 6.09. The van der Waals surface area contributed by atoms with Gasteiger partial charge in [-0.3, -0.25) is 14.9 Å². The van der Waals surface area contributed by atoms with Crippen LogP contribution in [0.25, 0.3) is 10.9 Å². The molecule has 0 aliphatic heterocycles. The van der Waals surface area contributed by atoms with Crippen LogP contribution >= 0.6 is 0 Å². The van der Waals surface area contributed by atoms with E-state index in [1.54, 1.807) is 12.1 Å². The fourth-order valence-corrected chi connectivity index (χ4v) is 1.73. The summed E-state index contributed by atoms with van der Waals surface area (Å²) in [5, 5.41) is 21.4. The molecule has 8 heteroatoms. The molecule has 7 nitrogen and oxygen atoms in total. The van der Waals surface area contributed by atoms with Gasteiger partial charge in [-0.05, 0) is 12.1 Å². The van der Waals surface area contributed by atoms with E-state index in [1.807, 2.05) is 0 Å². The molecule has 92 valence electrons. The van der Waals surface area contributed by atoms with Crippen molar-refractivity contribution in [2.45, 2.75) is 6.54 Å². The van der Waals surface area contributed by atoms with Crippen LogP contribution in [0.1, 0.15) is 0 Å². The molecule has 0 bridgehead atoms. The largest absolute Gasteiger partial charge is 1.00 e. The van der Waals surface area contributed by atoms with Crippen LogP contribution in [0, 0.1) is 10.1 Å².